The van der Waals surface area contributed by atoms with Crippen molar-refractivity contribution in [1.82, 2.24) is 25.1 Å². The van der Waals surface area contributed by atoms with Gasteiger partial charge in [-0.2, -0.15) is 0 Å². The number of aromatic nitrogens is 4. The van der Waals surface area contributed by atoms with Crippen molar-refractivity contribution in [3.05, 3.63) is 47.1 Å². The van der Waals surface area contributed by atoms with Gasteiger partial charge in [0.25, 0.3) is 5.91 Å². The lowest BCUT2D eigenvalue weighted by atomic mass is 10.0. The number of rotatable bonds is 3. The van der Waals surface area contributed by atoms with Gasteiger partial charge >= 0.3 is 0 Å². The van der Waals surface area contributed by atoms with Crippen LogP contribution >= 0.6 is 11.3 Å². The fraction of sp³-hybridized carbons (Fsp3) is 0.333. The summed E-state index contributed by atoms with van der Waals surface area (Å²) >= 11 is 1.72. The third-order valence-corrected chi connectivity index (χ3v) is 5.50. The second-order valence-electron chi connectivity index (χ2n) is 6.29. The van der Waals surface area contributed by atoms with E-state index in [1.165, 1.54) is 11.3 Å². The van der Waals surface area contributed by atoms with Gasteiger partial charge in [-0.25, -0.2) is 4.68 Å². The lowest BCUT2D eigenvalue weighted by molar-refractivity contribution is 0.0724. The molecule has 0 radical (unpaired) electrons. The molecular weight excluding hydrogens is 334 g/mol. The van der Waals surface area contributed by atoms with E-state index in [1.54, 1.807) is 22.3 Å². The Labute approximate surface area is 150 Å². The van der Waals surface area contributed by atoms with E-state index in [2.05, 4.69) is 34.6 Å². The molecular formula is C18H19N5OS. The van der Waals surface area contributed by atoms with E-state index in [0.29, 0.717) is 5.56 Å². The van der Waals surface area contributed by atoms with Crippen LogP contribution < -0.4 is 0 Å². The molecule has 0 N–H and O–H groups in total. The van der Waals surface area contributed by atoms with Crippen molar-refractivity contribution in [1.29, 1.82) is 0 Å². The average Bonchev–Trinajstić information content (AvgIpc) is 3.33. The molecule has 0 bridgehead atoms. The quantitative estimate of drug-likeness (QED) is 0.724. The van der Waals surface area contributed by atoms with Gasteiger partial charge in [0, 0.05) is 28.4 Å². The Kier molecular flexibility index (Phi) is 4.31. The molecule has 1 aromatic carbocycles. The number of benzene rings is 1. The van der Waals surface area contributed by atoms with Crippen LogP contribution in [-0.4, -0.2) is 44.1 Å². The average molecular weight is 353 g/mol. The van der Waals surface area contributed by atoms with Gasteiger partial charge in [0.1, 0.15) is 6.33 Å². The number of likely N-dealkylation sites (tertiary alicyclic amines) is 1. The molecule has 4 rings (SSSR count). The van der Waals surface area contributed by atoms with Crippen molar-refractivity contribution < 1.29 is 4.79 Å². The highest BCUT2D eigenvalue weighted by atomic mass is 32.1. The molecule has 1 aliphatic heterocycles. The standard InChI is InChI=1S/C18H19N5OS/c1-13-5-6-17(25-13)14-9-15(18(24)22-7-3-2-4-8-22)11-16(10-14)23-12-19-20-21-23/h5-6,9-12H,2-4,7-8H2,1H3. The van der Waals surface area contributed by atoms with E-state index in [1.807, 2.05) is 23.1 Å². The van der Waals surface area contributed by atoms with Crippen LogP contribution in [0.3, 0.4) is 0 Å². The van der Waals surface area contributed by atoms with Crippen molar-refractivity contribution in [2.45, 2.75) is 26.2 Å². The van der Waals surface area contributed by atoms with Crippen LogP contribution in [0, 0.1) is 6.92 Å². The topological polar surface area (TPSA) is 63.9 Å². The molecule has 0 spiro atoms. The Bertz CT molecular complexity index is 881. The van der Waals surface area contributed by atoms with E-state index in [9.17, 15) is 4.79 Å². The number of tetrazole rings is 1. The monoisotopic (exact) mass is 353 g/mol. The van der Waals surface area contributed by atoms with Gasteiger partial charge in [-0.3, -0.25) is 4.79 Å². The first-order valence-electron chi connectivity index (χ1n) is 8.45. The fourth-order valence-electron chi connectivity index (χ4n) is 3.16. The summed E-state index contributed by atoms with van der Waals surface area (Å²) in [6.45, 7) is 3.75. The predicted molar refractivity (Wildman–Crippen MR) is 97.0 cm³/mol. The minimum Gasteiger partial charge on any atom is -0.339 e. The normalized spacial score (nSPS) is 14.7. The molecule has 3 aromatic rings. The van der Waals surface area contributed by atoms with Crippen molar-refractivity contribution >= 4 is 17.2 Å². The zero-order chi connectivity index (χ0) is 17.2. The lowest BCUT2D eigenvalue weighted by Crippen LogP contribution is -2.35. The SMILES string of the molecule is Cc1ccc(-c2cc(C(=O)N3CCCCC3)cc(-n3cnnn3)c2)s1. The highest BCUT2D eigenvalue weighted by Gasteiger charge is 2.20. The second-order valence-corrected chi connectivity index (χ2v) is 7.57. The van der Waals surface area contributed by atoms with E-state index >= 15 is 0 Å². The molecule has 1 saturated heterocycles. The molecule has 6 nitrogen and oxygen atoms in total. The summed E-state index contributed by atoms with van der Waals surface area (Å²) in [6, 6.07) is 10.1. The number of amides is 1. The van der Waals surface area contributed by atoms with Gasteiger partial charge in [-0.15, -0.1) is 16.4 Å². The fourth-order valence-corrected chi connectivity index (χ4v) is 4.01. The van der Waals surface area contributed by atoms with E-state index < -0.39 is 0 Å². The maximum Gasteiger partial charge on any atom is 0.253 e. The van der Waals surface area contributed by atoms with E-state index in [4.69, 9.17) is 0 Å². The number of nitrogens with zero attached hydrogens (tertiary/aromatic N) is 5. The van der Waals surface area contributed by atoms with Gasteiger partial charge < -0.3 is 4.90 Å². The van der Waals surface area contributed by atoms with Crippen molar-refractivity contribution in [3.8, 4) is 16.1 Å². The first kappa shape index (κ1) is 16.0. The summed E-state index contributed by atoms with van der Waals surface area (Å²) in [5.41, 5.74) is 2.51. The third kappa shape index (κ3) is 3.32. The van der Waals surface area contributed by atoms with Crippen LogP contribution in [0.4, 0.5) is 0 Å². The number of aryl methyl sites for hydroxylation is 1. The van der Waals surface area contributed by atoms with E-state index in [-0.39, 0.29) is 5.91 Å². The molecule has 1 aliphatic rings. The Morgan fingerprint density at radius 3 is 2.64 bits per heavy atom. The van der Waals surface area contributed by atoms with Gasteiger partial charge in [0.2, 0.25) is 0 Å². The largest absolute Gasteiger partial charge is 0.339 e. The summed E-state index contributed by atoms with van der Waals surface area (Å²) in [4.78, 5) is 17.3. The van der Waals surface area contributed by atoms with Gasteiger partial charge in [-0.05, 0) is 72.5 Å². The molecule has 0 atom stereocenters. The lowest BCUT2D eigenvalue weighted by Gasteiger charge is -2.27. The van der Waals surface area contributed by atoms with Crippen molar-refractivity contribution in [2.75, 3.05) is 13.1 Å². The van der Waals surface area contributed by atoms with Crippen molar-refractivity contribution in [2.24, 2.45) is 0 Å². The molecule has 3 heterocycles. The summed E-state index contributed by atoms with van der Waals surface area (Å²) in [6.07, 6.45) is 4.91. The van der Waals surface area contributed by atoms with Crippen LogP contribution in [0.2, 0.25) is 0 Å². The number of hydrogen-bond acceptors (Lipinski definition) is 5. The van der Waals surface area contributed by atoms with Gasteiger partial charge in [0.15, 0.2) is 0 Å². The molecule has 0 unspecified atom stereocenters. The number of thiophene rings is 1. The van der Waals surface area contributed by atoms with Gasteiger partial charge in [0.05, 0.1) is 5.69 Å². The molecule has 1 fully saturated rings. The molecule has 25 heavy (non-hydrogen) atoms. The minimum absolute atomic E-state index is 0.0872. The highest BCUT2D eigenvalue weighted by Crippen LogP contribution is 2.30. The van der Waals surface area contributed by atoms with Gasteiger partial charge in [-0.1, -0.05) is 0 Å². The maximum atomic E-state index is 13.0. The molecule has 0 aliphatic carbocycles. The smallest absolute Gasteiger partial charge is 0.253 e. The zero-order valence-corrected chi connectivity index (χ0v) is 14.9. The Morgan fingerprint density at radius 1 is 1.12 bits per heavy atom. The molecule has 7 heteroatoms. The number of hydrogen-bond donors (Lipinski definition) is 0. The summed E-state index contributed by atoms with van der Waals surface area (Å²) in [7, 11) is 0. The molecule has 1 amide bonds. The first-order valence-corrected chi connectivity index (χ1v) is 9.27. The number of piperidine rings is 1. The van der Waals surface area contributed by atoms with Crippen LogP contribution in [-0.2, 0) is 0 Å². The van der Waals surface area contributed by atoms with Crippen LogP contribution in [0.25, 0.3) is 16.1 Å². The summed E-state index contributed by atoms with van der Waals surface area (Å²) < 4.78 is 1.59. The van der Waals surface area contributed by atoms with Crippen LogP contribution in [0.5, 0.6) is 0 Å². The zero-order valence-electron chi connectivity index (χ0n) is 14.1. The van der Waals surface area contributed by atoms with Crippen LogP contribution in [0.1, 0.15) is 34.5 Å². The predicted octanol–water partition coefficient (Wildman–Crippen LogP) is 3.33. The summed E-state index contributed by atoms with van der Waals surface area (Å²) in [5.74, 6) is 0.0872. The Hall–Kier alpha value is -2.54. The third-order valence-electron chi connectivity index (χ3n) is 4.45. The molecule has 0 saturated carbocycles. The Balaban J connectivity index is 1.77. The summed E-state index contributed by atoms with van der Waals surface area (Å²) in [5, 5.41) is 11.4. The van der Waals surface area contributed by atoms with Crippen LogP contribution in [0.15, 0.2) is 36.7 Å². The first-order chi connectivity index (χ1) is 12.2. The number of carbonyl (C=O) groups excluding carboxylic acids is 1. The maximum absolute atomic E-state index is 13.0. The number of carbonyl (C=O) groups is 1. The second kappa shape index (κ2) is 6.76. The molecule has 2 aromatic heterocycles. The van der Waals surface area contributed by atoms with E-state index in [0.717, 1.165) is 42.1 Å². The highest BCUT2D eigenvalue weighted by molar-refractivity contribution is 7.15. The minimum atomic E-state index is 0.0872. The van der Waals surface area contributed by atoms with Crippen molar-refractivity contribution in [3.63, 3.8) is 0 Å². The molecule has 128 valence electrons. The Morgan fingerprint density at radius 2 is 1.96 bits per heavy atom.